The van der Waals surface area contributed by atoms with E-state index in [2.05, 4.69) is 4.98 Å². The zero-order chi connectivity index (χ0) is 13.0. The average molecular weight is 239 g/mol. The molecule has 6 heteroatoms. The number of hydrogen-bond acceptors (Lipinski definition) is 4. The van der Waals surface area contributed by atoms with Gasteiger partial charge in [0, 0.05) is 6.20 Å². The smallest absolute Gasteiger partial charge is 0.358 e. The molecular formula is C11H13NO5. The molecule has 2 N–H and O–H groups in total. The topological polar surface area (TPSA) is 96.7 Å². The van der Waals surface area contributed by atoms with E-state index in [1.165, 1.54) is 6.07 Å². The highest BCUT2D eigenvalue weighted by Gasteiger charge is 2.16. The lowest BCUT2D eigenvalue weighted by Crippen LogP contribution is -2.11. The third kappa shape index (κ3) is 3.44. The normalized spacial score (nSPS) is 10.3. The van der Waals surface area contributed by atoms with Gasteiger partial charge in [0.2, 0.25) is 0 Å². The van der Waals surface area contributed by atoms with E-state index in [1.54, 1.807) is 0 Å². The maximum atomic E-state index is 10.9. The SMILES string of the molecule is CC(C)COc1cc(C(=O)O)cnc1C(=O)O. The zero-order valence-electron chi connectivity index (χ0n) is 9.51. The third-order valence-corrected chi connectivity index (χ3v) is 1.87. The van der Waals surface area contributed by atoms with Crippen molar-refractivity contribution in [1.29, 1.82) is 0 Å². The standard InChI is InChI=1S/C11H13NO5/c1-6(2)5-17-8-3-7(10(13)14)4-12-9(8)11(15)16/h3-4,6H,5H2,1-2H3,(H,13,14)(H,15,16). The number of ether oxygens (including phenoxy) is 1. The van der Waals surface area contributed by atoms with Crippen LogP contribution in [0.4, 0.5) is 0 Å². The molecule has 0 aliphatic carbocycles. The van der Waals surface area contributed by atoms with Gasteiger partial charge in [0.05, 0.1) is 12.2 Å². The van der Waals surface area contributed by atoms with Crippen molar-refractivity contribution in [2.24, 2.45) is 5.92 Å². The fourth-order valence-electron chi connectivity index (χ4n) is 1.09. The Hall–Kier alpha value is -2.11. The summed E-state index contributed by atoms with van der Waals surface area (Å²) in [7, 11) is 0. The fourth-order valence-corrected chi connectivity index (χ4v) is 1.09. The first-order valence-corrected chi connectivity index (χ1v) is 5.01. The second-order valence-electron chi connectivity index (χ2n) is 3.89. The van der Waals surface area contributed by atoms with Crippen molar-refractivity contribution < 1.29 is 24.5 Å². The summed E-state index contributed by atoms with van der Waals surface area (Å²) in [6.07, 6.45) is 0.994. The lowest BCUT2D eigenvalue weighted by atomic mass is 10.2. The van der Waals surface area contributed by atoms with Crippen molar-refractivity contribution >= 4 is 11.9 Å². The van der Waals surface area contributed by atoms with Crippen LogP contribution in [0.2, 0.25) is 0 Å². The second kappa shape index (κ2) is 5.29. The lowest BCUT2D eigenvalue weighted by Gasteiger charge is -2.10. The highest BCUT2D eigenvalue weighted by molar-refractivity contribution is 5.92. The van der Waals surface area contributed by atoms with Crippen LogP contribution in [0.5, 0.6) is 5.75 Å². The van der Waals surface area contributed by atoms with E-state index in [9.17, 15) is 9.59 Å². The quantitative estimate of drug-likeness (QED) is 0.808. The molecule has 0 amide bonds. The van der Waals surface area contributed by atoms with E-state index in [4.69, 9.17) is 14.9 Å². The second-order valence-corrected chi connectivity index (χ2v) is 3.89. The number of rotatable bonds is 5. The maximum absolute atomic E-state index is 10.9. The summed E-state index contributed by atoms with van der Waals surface area (Å²) in [5.74, 6) is -2.25. The molecule has 0 aliphatic heterocycles. The molecule has 0 spiro atoms. The molecule has 0 unspecified atom stereocenters. The fraction of sp³-hybridized carbons (Fsp3) is 0.364. The summed E-state index contributed by atoms with van der Waals surface area (Å²) in [4.78, 5) is 25.2. The molecular weight excluding hydrogens is 226 g/mol. The van der Waals surface area contributed by atoms with Crippen molar-refractivity contribution in [3.63, 3.8) is 0 Å². The maximum Gasteiger partial charge on any atom is 0.358 e. The third-order valence-electron chi connectivity index (χ3n) is 1.87. The van der Waals surface area contributed by atoms with Crippen molar-refractivity contribution in [2.75, 3.05) is 6.61 Å². The molecule has 0 saturated heterocycles. The minimum Gasteiger partial charge on any atom is -0.491 e. The van der Waals surface area contributed by atoms with Crippen molar-refractivity contribution in [1.82, 2.24) is 4.98 Å². The molecule has 0 aromatic carbocycles. The highest BCUT2D eigenvalue weighted by Crippen LogP contribution is 2.19. The average Bonchev–Trinajstić information content (AvgIpc) is 2.25. The van der Waals surface area contributed by atoms with Crippen molar-refractivity contribution in [2.45, 2.75) is 13.8 Å². The summed E-state index contributed by atoms with van der Waals surface area (Å²) in [6, 6.07) is 1.17. The van der Waals surface area contributed by atoms with Gasteiger partial charge in [-0.15, -0.1) is 0 Å². The first-order valence-electron chi connectivity index (χ1n) is 5.01. The van der Waals surface area contributed by atoms with Crippen LogP contribution in [0.1, 0.15) is 34.7 Å². The number of carbonyl (C=O) groups is 2. The molecule has 0 bridgehead atoms. The number of aromatic carboxylic acids is 2. The van der Waals surface area contributed by atoms with Crippen molar-refractivity contribution in [3.05, 3.63) is 23.5 Å². The van der Waals surface area contributed by atoms with Crippen LogP contribution < -0.4 is 4.74 Å². The van der Waals surface area contributed by atoms with Gasteiger partial charge in [-0.05, 0) is 12.0 Å². The van der Waals surface area contributed by atoms with Gasteiger partial charge in [-0.1, -0.05) is 13.8 Å². The van der Waals surface area contributed by atoms with E-state index >= 15 is 0 Å². The number of carboxylic acids is 2. The van der Waals surface area contributed by atoms with Gasteiger partial charge < -0.3 is 14.9 Å². The largest absolute Gasteiger partial charge is 0.491 e. The predicted molar refractivity (Wildman–Crippen MR) is 58.5 cm³/mol. The van der Waals surface area contributed by atoms with Crippen LogP contribution in [0, 0.1) is 5.92 Å². The minimum absolute atomic E-state index is 0.0221. The number of pyridine rings is 1. The molecule has 1 aromatic heterocycles. The van der Waals surface area contributed by atoms with E-state index in [1.807, 2.05) is 13.8 Å². The molecule has 0 aliphatic rings. The molecule has 1 heterocycles. The van der Waals surface area contributed by atoms with E-state index in [0.29, 0.717) is 6.61 Å². The molecule has 0 atom stereocenters. The van der Waals surface area contributed by atoms with Gasteiger partial charge in [0.25, 0.3) is 0 Å². The summed E-state index contributed by atoms with van der Waals surface area (Å²) >= 11 is 0. The highest BCUT2D eigenvalue weighted by atomic mass is 16.5. The Morgan fingerprint density at radius 1 is 1.35 bits per heavy atom. The van der Waals surface area contributed by atoms with Gasteiger partial charge in [0.15, 0.2) is 11.4 Å². The Balaban J connectivity index is 3.07. The van der Waals surface area contributed by atoms with Gasteiger partial charge in [0.1, 0.15) is 0 Å². The minimum atomic E-state index is -1.25. The Morgan fingerprint density at radius 2 is 2.00 bits per heavy atom. The van der Waals surface area contributed by atoms with Crippen molar-refractivity contribution in [3.8, 4) is 5.75 Å². The van der Waals surface area contributed by atoms with E-state index < -0.39 is 11.9 Å². The van der Waals surface area contributed by atoms with Crippen LogP contribution in [0.3, 0.4) is 0 Å². The van der Waals surface area contributed by atoms with Crippen LogP contribution in [0.25, 0.3) is 0 Å². The Morgan fingerprint density at radius 3 is 2.47 bits per heavy atom. The van der Waals surface area contributed by atoms with Crippen LogP contribution >= 0.6 is 0 Å². The van der Waals surface area contributed by atoms with Crippen LogP contribution in [0.15, 0.2) is 12.3 Å². The molecule has 6 nitrogen and oxygen atoms in total. The summed E-state index contributed by atoms with van der Waals surface area (Å²) in [5, 5.41) is 17.6. The Labute approximate surface area is 97.9 Å². The van der Waals surface area contributed by atoms with Gasteiger partial charge in [-0.25, -0.2) is 14.6 Å². The monoisotopic (exact) mass is 239 g/mol. The summed E-state index contributed by atoms with van der Waals surface area (Å²) < 4.78 is 5.24. The molecule has 0 saturated carbocycles. The molecule has 1 aromatic rings. The summed E-state index contributed by atoms with van der Waals surface area (Å²) in [6.45, 7) is 4.09. The molecule has 0 radical (unpaired) electrons. The first kappa shape index (κ1) is 13.0. The van der Waals surface area contributed by atoms with Crippen LogP contribution in [-0.4, -0.2) is 33.7 Å². The van der Waals surface area contributed by atoms with E-state index in [-0.39, 0.29) is 22.9 Å². The number of carboxylic acid groups (broad SMARTS) is 2. The van der Waals surface area contributed by atoms with Gasteiger partial charge >= 0.3 is 11.9 Å². The van der Waals surface area contributed by atoms with Gasteiger partial charge in [-0.2, -0.15) is 0 Å². The number of hydrogen-bond donors (Lipinski definition) is 2. The Kier molecular flexibility index (Phi) is 4.03. The molecule has 17 heavy (non-hydrogen) atoms. The molecule has 1 rings (SSSR count). The first-order chi connectivity index (χ1) is 7.91. The number of nitrogens with zero attached hydrogens (tertiary/aromatic N) is 1. The predicted octanol–water partition coefficient (Wildman–Crippen LogP) is 1.51. The van der Waals surface area contributed by atoms with E-state index in [0.717, 1.165) is 6.20 Å². The number of aromatic nitrogens is 1. The molecule has 0 fully saturated rings. The Bertz CT molecular complexity index is 441. The molecule has 92 valence electrons. The van der Waals surface area contributed by atoms with Gasteiger partial charge in [-0.3, -0.25) is 0 Å². The lowest BCUT2D eigenvalue weighted by molar-refractivity contribution is 0.0670. The summed E-state index contributed by atoms with van der Waals surface area (Å²) in [5.41, 5.74) is -0.385. The van der Waals surface area contributed by atoms with Crippen LogP contribution in [-0.2, 0) is 0 Å². The zero-order valence-corrected chi connectivity index (χ0v) is 9.51.